The van der Waals surface area contributed by atoms with Crippen molar-refractivity contribution in [2.75, 3.05) is 22.8 Å². The number of amides is 2. The van der Waals surface area contributed by atoms with E-state index in [2.05, 4.69) is 15.8 Å². The van der Waals surface area contributed by atoms with Crippen molar-refractivity contribution in [3.05, 3.63) is 118 Å². The van der Waals surface area contributed by atoms with Crippen LogP contribution in [0.3, 0.4) is 0 Å². The van der Waals surface area contributed by atoms with Crippen LogP contribution >= 0.6 is 23.2 Å². The molecule has 2 amide bonds. The lowest BCUT2D eigenvalue weighted by molar-refractivity contribution is -0.119. The Hall–Kier alpha value is -4.38. The summed E-state index contributed by atoms with van der Waals surface area (Å²) in [4.78, 5) is 24.9. The van der Waals surface area contributed by atoms with E-state index in [1.165, 1.54) is 36.5 Å². The molecule has 12 heteroatoms. The number of hydrazone groups is 1. The Balaban J connectivity index is 1.35. The summed E-state index contributed by atoms with van der Waals surface area (Å²) in [7, 11) is -4.13. The number of carbonyl (C=O) groups is 2. The molecule has 0 aliphatic heterocycles. The van der Waals surface area contributed by atoms with Gasteiger partial charge >= 0.3 is 0 Å². The smallest absolute Gasteiger partial charge is 0.264 e. The number of halogens is 2. The molecule has 0 heterocycles. The molecule has 0 spiro atoms. The zero-order valence-corrected chi connectivity index (χ0v) is 24.7. The van der Waals surface area contributed by atoms with Gasteiger partial charge < -0.3 is 10.1 Å². The number of hydrogen-bond acceptors (Lipinski definition) is 6. The van der Waals surface area contributed by atoms with E-state index in [4.69, 9.17) is 27.9 Å². The number of nitrogens with one attached hydrogen (secondary N) is 2. The predicted octanol–water partition coefficient (Wildman–Crippen LogP) is 5.66. The van der Waals surface area contributed by atoms with Gasteiger partial charge in [0.15, 0.2) is 6.61 Å². The number of carbonyl (C=O) groups excluding carboxylic acids is 2. The molecular weight excluding hydrogens is 599 g/mol. The highest BCUT2D eigenvalue weighted by Crippen LogP contribution is 2.29. The zero-order chi connectivity index (χ0) is 30.1. The van der Waals surface area contributed by atoms with Crippen LogP contribution in [0.5, 0.6) is 5.75 Å². The normalized spacial score (nSPS) is 11.2. The first-order valence-corrected chi connectivity index (χ1v) is 14.7. The first-order chi connectivity index (χ1) is 20.1. The maximum atomic E-state index is 13.4. The molecule has 0 saturated carbocycles. The SMILES string of the molecule is Cc1ccc(NC(=O)COc2ccc(/C=N\NC(=O)CN(c3cc(Cl)cc(Cl)c3)S(=O)(=O)c3ccccc3)cc2)cc1. The van der Waals surface area contributed by atoms with Gasteiger partial charge in [0.1, 0.15) is 12.3 Å². The summed E-state index contributed by atoms with van der Waals surface area (Å²) in [6.45, 7) is 1.21. The van der Waals surface area contributed by atoms with Crippen LogP contribution in [0.4, 0.5) is 11.4 Å². The molecule has 4 aromatic carbocycles. The highest BCUT2D eigenvalue weighted by Gasteiger charge is 2.27. The monoisotopic (exact) mass is 624 g/mol. The number of hydrogen-bond donors (Lipinski definition) is 2. The van der Waals surface area contributed by atoms with Gasteiger partial charge in [0.05, 0.1) is 16.8 Å². The molecule has 0 radical (unpaired) electrons. The van der Waals surface area contributed by atoms with Crippen LogP contribution in [-0.2, 0) is 19.6 Å². The van der Waals surface area contributed by atoms with Gasteiger partial charge in [0.2, 0.25) is 0 Å². The third kappa shape index (κ3) is 8.56. The molecule has 0 aliphatic rings. The number of sulfonamides is 1. The van der Waals surface area contributed by atoms with Crippen molar-refractivity contribution in [1.82, 2.24) is 5.43 Å². The van der Waals surface area contributed by atoms with Gasteiger partial charge in [-0.1, -0.05) is 59.1 Å². The van der Waals surface area contributed by atoms with Crippen LogP contribution in [0.15, 0.2) is 107 Å². The summed E-state index contributed by atoms with van der Waals surface area (Å²) < 4.78 is 33.2. The van der Waals surface area contributed by atoms with E-state index in [1.54, 1.807) is 42.5 Å². The molecule has 0 aliphatic carbocycles. The van der Waals surface area contributed by atoms with Crippen molar-refractivity contribution >= 4 is 62.6 Å². The molecule has 4 rings (SSSR count). The number of ether oxygens (including phenoxy) is 1. The van der Waals surface area contributed by atoms with Crippen LogP contribution in [0.1, 0.15) is 11.1 Å². The minimum Gasteiger partial charge on any atom is -0.484 e. The fraction of sp³-hybridized carbons (Fsp3) is 0.100. The number of aryl methyl sites for hydroxylation is 1. The molecular formula is C30H26Cl2N4O5S. The fourth-order valence-electron chi connectivity index (χ4n) is 3.70. The van der Waals surface area contributed by atoms with Crippen LogP contribution in [0.2, 0.25) is 10.0 Å². The van der Waals surface area contributed by atoms with Gasteiger partial charge in [-0.15, -0.1) is 0 Å². The summed E-state index contributed by atoms with van der Waals surface area (Å²) in [5.41, 5.74) is 4.86. The molecule has 216 valence electrons. The van der Waals surface area contributed by atoms with Crippen LogP contribution in [-0.4, -0.2) is 39.6 Å². The van der Waals surface area contributed by atoms with E-state index >= 15 is 0 Å². The van der Waals surface area contributed by atoms with E-state index < -0.39 is 22.5 Å². The van der Waals surface area contributed by atoms with Gasteiger partial charge in [0.25, 0.3) is 21.8 Å². The third-order valence-electron chi connectivity index (χ3n) is 5.74. The predicted molar refractivity (Wildman–Crippen MR) is 165 cm³/mol. The Bertz CT molecular complexity index is 1660. The fourth-order valence-corrected chi connectivity index (χ4v) is 5.64. The van der Waals surface area contributed by atoms with Crippen molar-refractivity contribution in [2.24, 2.45) is 5.10 Å². The summed E-state index contributed by atoms with van der Waals surface area (Å²) in [5.74, 6) is -0.519. The molecule has 0 fully saturated rings. The van der Waals surface area contributed by atoms with E-state index in [9.17, 15) is 18.0 Å². The molecule has 0 bridgehead atoms. The largest absolute Gasteiger partial charge is 0.484 e. The second-order valence-electron chi connectivity index (χ2n) is 9.02. The molecule has 2 N–H and O–H groups in total. The lowest BCUT2D eigenvalue weighted by Gasteiger charge is -2.24. The summed E-state index contributed by atoms with van der Waals surface area (Å²) in [6, 6.07) is 26.1. The Morgan fingerprint density at radius 1 is 0.881 bits per heavy atom. The van der Waals surface area contributed by atoms with Crippen molar-refractivity contribution in [3.63, 3.8) is 0 Å². The summed E-state index contributed by atoms with van der Waals surface area (Å²) in [6.07, 6.45) is 1.39. The second kappa shape index (κ2) is 14.0. The van der Waals surface area contributed by atoms with Gasteiger partial charge in [0, 0.05) is 15.7 Å². The Morgan fingerprint density at radius 2 is 1.52 bits per heavy atom. The van der Waals surface area contributed by atoms with Gasteiger partial charge in [-0.25, -0.2) is 13.8 Å². The number of anilines is 2. The zero-order valence-electron chi connectivity index (χ0n) is 22.3. The first kappa shape index (κ1) is 30.6. The number of benzene rings is 4. The van der Waals surface area contributed by atoms with Crippen molar-refractivity contribution in [1.29, 1.82) is 0 Å². The van der Waals surface area contributed by atoms with Crippen molar-refractivity contribution < 1.29 is 22.7 Å². The highest BCUT2D eigenvalue weighted by molar-refractivity contribution is 7.92. The molecule has 0 unspecified atom stereocenters. The second-order valence-corrected chi connectivity index (χ2v) is 11.8. The van der Waals surface area contributed by atoms with E-state index in [1.807, 2.05) is 31.2 Å². The third-order valence-corrected chi connectivity index (χ3v) is 7.97. The van der Waals surface area contributed by atoms with E-state index in [0.29, 0.717) is 17.0 Å². The van der Waals surface area contributed by atoms with Gasteiger partial charge in [-0.2, -0.15) is 5.10 Å². The Morgan fingerprint density at radius 3 is 2.17 bits per heavy atom. The molecule has 0 saturated heterocycles. The maximum Gasteiger partial charge on any atom is 0.264 e. The Labute approximate surface area is 253 Å². The summed E-state index contributed by atoms with van der Waals surface area (Å²) >= 11 is 12.2. The number of rotatable bonds is 11. The quantitative estimate of drug-likeness (QED) is 0.165. The van der Waals surface area contributed by atoms with Crippen molar-refractivity contribution in [2.45, 2.75) is 11.8 Å². The van der Waals surface area contributed by atoms with Crippen molar-refractivity contribution in [3.8, 4) is 5.75 Å². The molecule has 0 aromatic heterocycles. The van der Waals surface area contributed by atoms with E-state index in [0.717, 1.165) is 9.87 Å². The highest BCUT2D eigenvalue weighted by atomic mass is 35.5. The van der Waals surface area contributed by atoms with Crippen LogP contribution < -0.4 is 19.8 Å². The average Bonchev–Trinajstić information content (AvgIpc) is 2.96. The lowest BCUT2D eigenvalue weighted by Crippen LogP contribution is -2.39. The molecule has 4 aromatic rings. The number of nitrogens with zero attached hydrogens (tertiary/aromatic N) is 2. The average molecular weight is 626 g/mol. The molecule has 42 heavy (non-hydrogen) atoms. The van der Waals surface area contributed by atoms with Crippen LogP contribution in [0, 0.1) is 6.92 Å². The lowest BCUT2D eigenvalue weighted by atomic mass is 10.2. The van der Waals surface area contributed by atoms with E-state index in [-0.39, 0.29) is 33.1 Å². The maximum absolute atomic E-state index is 13.4. The minimum absolute atomic E-state index is 0.00709. The topological polar surface area (TPSA) is 117 Å². The first-order valence-electron chi connectivity index (χ1n) is 12.6. The summed E-state index contributed by atoms with van der Waals surface area (Å²) in [5, 5.41) is 7.11. The molecule has 0 atom stereocenters. The van der Waals surface area contributed by atoms with Gasteiger partial charge in [-0.05, 0) is 79.2 Å². The van der Waals surface area contributed by atoms with Crippen LogP contribution in [0.25, 0.3) is 0 Å². The standard InChI is InChI=1S/C30H26Cl2N4O5S/c1-21-7-11-25(12-8-21)34-30(38)20-41-27-13-9-22(10-14-27)18-33-35-29(37)19-36(26-16-23(31)15-24(32)17-26)42(39,40)28-5-3-2-4-6-28/h2-18H,19-20H2,1H3,(H,34,38)(H,35,37)/b33-18-. The van der Waals surface area contributed by atoms with Gasteiger partial charge in [-0.3, -0.25) is 13.9 Å². The Kier molecular flexibility index (Phi) is 10.2. The molecule has 9 nitrogen and oxygen atoms in total. The minimum atomic E-state index is -4.13.